The number of carboxylic acids is 1. The average molecular weight is 265 g/mol. The highest BCUT2D eigenvalue weighted by atomic mass is 16.5. The van der Waals surface area contributed by atoms with Crippen molar-refractivity contribution in [3.8, 4) is 0 Å². The highest BCUT2D eigenvalue weighted by Crippen LogP contribution is 2.26. The number of hydrogen-bond acceptors (Lipinski definition) is 4. The van der Waals surface area contributed by atoms with E-state index in [2.05, 4.69) is 10.00 Å². The molecule has 6 nitrogen and oxygen atoms in total. The normalized spacial score (nSPS) is 16.8. The number of rotatable bonds is 3. The lowest BCUT2D eigenvalue weighted by Gasteiger charge is -2.29. The van der Waals surface area contributed by atoms with Gasteiger partial charge in [0.15, 0.2) is 0 Å². The van der Waals surface area contributed by atoms with Gasteiger partial charge < -0.3 is 14.7 Å². The van der Waals surface area contributed by atoms with Crippen LogP contribution >= 0.6 is 0 Å². The van der Waals surface area contributed by atoms with E-state index in [-0.39, 0.29) is 0 Å². The van der Waals surface area contributed by atoms with Crippen LogP contribution in [0.25, 0.3) is 6.08 Å². The molecule has 1 aliphatic heterocycles. The summed E-state index contributed by atoms with van der Waals surface area (Å²) >= 11 is 0. The standard InChI is InChI=1S/C13H19N3O3/c1-9(13(17)18)8-11-10(2)14-15(3)12(11)16-4-6-19-7-5-16/h8H,4-7H2,1-3H3,(H,17,18)/b9-8+. The maximum absolute atomic E-state index is 11.0. The molecule has 19 heavy (non-hydrogen) atoms. The van der Waals surface area contributed by atoms with E-state index in [9.17, 15) is 4.79 Å². The minimum absolute atomic E-state index is 0.311. The van der Waals surface area contributed by atoms with Crippen LogP contribution in [0.2, 0.25) is 0 Å². The van der Waals surface area contributed by atoms with E-state index in [1.54, 1.807) is 13.0 Å². The summed E-state index contributed by atoms with van der Waals surface area (Å²) in [5.41, 5.74) is 2.03. The minimum atomic E-state index is -0.906. The predicted octanol–water partition coefficient (Wildman–Crippen LogP) is 1.05. The molecule has 1 aromatic rings. The smallest absolute Gasteiger partial charge is 0.331 e. The van der Waals surface area contributed by atoms with Gasteiger partial charge in [-0.3, -0.25) is 4.68 Å². The molecule has 6 heteroatoms. The van der Waals surface area contributed by atoms with E-state index in [0.717, 1.165) is 30.2 Å². The number of ether oxygens (including phenoxy) is 1. The van der Waals surface area contributed by atoms with Crippen LogP contribution in [0, 0.1) is 6.92 Å². The van der Waals surface area contributed by atoms with Crippen molar-refractivity contribution in [2.75, 3.05) is 31.2 Å². The Balaban J connectivity index is 2.42. The summed E-state index contributed by atoms with van der Waals surface area (Å²) in [7, 11) is 1.88. The first-order valence-corrected chi connectivity index (χ1v) is 6.28. The summed E-state index contributed by atoms with van der Waals surface area (Å²) in [5, 5.41) is 13.4. The SMILES string of the molecule is C/C(=C\c1c(C)nn(C)c1N1CCOCC1)C(=O)O. The maximum atomic E-state index is 11.0. The van der Waals surface area contributed by atoms with Gasteiger partial charge in [0.05, 0.1) is 18.9 Å². The Morgan fingerprint density at radius 1 is 1.42 bits per heavy atom. The van der Waals surface area contributed by atoms with Crippen LogP contribution in [0.4, 0.5) is 5.82 Å². The third-order valence-corrected chi connectivity index (χ3v) is 3.25. The Morgan fingerprint density at radius 2 is 2.05 bits per heavy atom. The number of aliphatic carboxylic acids is 1. The van der Waals surface area contributed by atoms with Crippen LogP contribution in [0.1, 0.15) is 18.2 Å². The Labute approximate surface area is 112 Å². The van der Waals surface area contributed by atoms with Crippen LogP contribution < -0.4 is 4.90 Å². The molecule has 1 fully saturated rings. The van der Waals surface area contributed by atoms with Crippen molar-refractivity contribution in [2.45, 2.75) is 13.8 Å². The Bertz CT molecular complexity index is 513. The molecule has 0 spiro atoms. The molecule has 0 saturated carbocycles. The van der Waals surface area contributed by atoms with Crippen molar-refractivity contribution in [1.82, 2.24) is 9.78 Å². The second-order valence-electron chi connectivity index (χ2n) is 4.68. The summed E-state index contributed by atoms with van der Waals surface area (Å²) in [5.74, 6) is 0.0533. The maximum Gasteiger partial charge on any atom is 0.331 e. The van der Waals surface area contributed by atoms with Crippen molar-refractivity contribution >= 4 is 17.9 Å². The Kier molecular flexibility index (Phi) is 3.90. The van der Waals surface area contributed by atoms with Crippen molar-refractivity contribution < 1.29 is 14.6 Å². The molecule has 0 radical (unpaired) electrons. The van der Waals surface area contributed by atoms with E-state index in [4.69, 9.17) is 9.84 Å². The van der Waals surface area contributed by atoms with Crippen molar-refractivity contribution in [2.24, 2.45) is 7.05 Å². The van der Waals surface area contributed by atoms with Gasteiger partial charge in [-0.25, -0.2) is 4.79 Å². The molecule has 0 aliphatic carbocycles. The molecule has 104 valence electrons. The van der Waals surface area contributed by atoms with Crippen LogP contribution in [0.5, 0.6) is 0 Å². The molecule has 1 aromatic heterocycles. The van der Waals surface area contributed by atoms with Gasteiger partial charge in [0, 0.05) is 31.3 Å². The fourth-order valence-electron chi connectivity index (χ4n) is 2.26. The largest absolute Gasteiger partial charge is 0.478 e. The average Bonchev–Trinajstić information content (AvgIpc) is 2.65. The van der Waals surface area contributed by atoms with Crippen LogP contribution in [0.15, 0.2) is 5.57 Å². The van der Waals surface area contributed by atoms with Crippen molar-refractivity contribution in [3.63, 3.8) is 0 Å². The third-order valence-electron chi connectivity index (χ3n) is 3.25. The molecule has 0 aromatic carbocycles. The van der Waals surface area contributed by atoms with E-state index in [1.165, 1.54) is 0 Å². The molecule has 2 heterocycles. The number of morpholine rings is 1. The molecule has 1 N–H and O–H groups in total. The second kappa shape index (κ2) is 5.44. The van der Waals surface area contributed by atoms with E-state index >= 15 is 0 Å². The quantitative estimate of drug-likeness (QED) is 0.827. The zero-order chi connectivity index (χ0) is 14.0. The van der Waals surface area contributed by atoms with Gasteiger partial charge in [-0.1, -0.05) is 0 Å². The molecule has 0 atom stereocenters. The molecular weight excluding hydrogens is 246 g/mol. The number of hydrogen-bond donors (Lipinski definition) is 1. The zero-order valence-corrected chi connectivity index (χ0v) is 11.5. The van der Waals surface area contributed by atoms with Gasteiger partial charge in [0.2, 0.25) is 0 Å². The first kappa shape index (κ1) is 13.6. The number of nitrogens with zero attached hydrogens (tertiary/aromatic N) is 3. The molecule has 0 bridgehead atoms. The van der Waals surface area contributed by atoms with Crippen molar-refractivity contribution in [1.29, 1.82) is 0 Å². The summed E-state index contributed by atoms with van der Waals surface area (Å²) in [6, 6.07) is 0. The number of aromatic nitrogens is 2. The second-order valence-corrected chi connectivity index (χ2v) is 4.68. The molecular formula is C13H19N3O3. The lowest BCUT2D eigenvalue weighted by Crippen LogP contribution is -2.37. The Hall–Kier alpha value is -1.82. The van der Waals surface area contributed by atoms with Gasteiger partial charge in [-0.05, 0) is 19.9 Å². The highest BCUT2D eigenvalue weighted by Gasteiger charge is 2.20. The Morgan fingerprint density at radius 3 is 2.63 bits per heavy atom. The van der Waals surface area contributed by atoms with E-state index in [1.807, 2.05) is 18.7 Å². The molecule has 2 rings (SSSR count). The fourth-order valence-corrected chi connectivity index (χ4v) is 2.26. The number of carboxylic acid groups (broad SMARTS) is 1. The number of anilines is 1. The third kappa shape index (κ3) is 2.78. The first-order valence-electron chi connectivity index (χ1n) is 6.28. The summed E-state index contributed by atoms with van der Waals surface area (Å²) in [6.45, 7) is 6.46. The van der Waals surface area contributed by atoms with Crippen LogP contribution in [-0.2, 0) is 16.6 Å². The monoisotopic (exact) mass is 265 g/mol. The van der Waals surface area contributed by atoms with Gasteiger partial charge in [0.1, 0.15) is 5.82 Å². The molecule has 1 aliphatic rings. The zero-order valence-electron chi connectivity index (χ0n) is 11.5. The molecule has 0 amide bonds. The topological polar surface area (TPSA) is 67.6 Å². The predicted molar refractivity (Wildman–Crippen MR) is 72.3 cm³/mol. The van der Waals surface area contributed by atoms with Crippen LogP contribution in [-0.4, -0.2) is 47.2 Å². The summed E-state index contributed by atoms with van der Waals surface area (Å²) in [4.78, 5) is 13.2. The minimum Gasteiger partial charge on any atom is -0.478 e. The van der Waals surface area contributed by atoms with Gasteiger partial charge in [-0.2, -0.15) is 5.10 Å². The molecule has 0 unspecified atom stereocenters. The summed E-state index contributed by atoms with van der Waals surface area (Å²) in [6.07, 6.45) is 1.69. The fraction of sp³-hybridized carbons (Fsp3) is 0.538. The van der Waals surface area contributed by atoms with Gasteiger partial charge in [0.25, 0.3) is 0 Å². The number of aryl methyl sites for hydroxylation is 2. The highest BCUT2D eigenvalue weighted by molar-refractivity contribution is 5.92. The van der Waals surface area contributed by atoms with Gasteiger partial charge in [-0.15, -0.1) is 0 Å². The lowest BCUT2D eigenvalue weighted by atomic mass is 10.1. The van der Waals surface area contributed by atoms with E-state index < -0.39 is 5.97 Å². The summed E-state index contributed by atoms with van der Waals surface area (Å²) < 4.78 is 7.15. The first-order chi connectivity index (χ1) is 9.00. The van der Waals surface area contributed by atoms with E-state index in [0.29, 0.717) is 18.8 Å². The lowest BCUT2D eigenvalue weighted by molar-refractivity contribution is -0.132. The number of carbonyl (C=O) groups is 1. The van der Waals surface area contributed by atoms with Crippen molar-refractivity contribution in [3.05, 3.63) is 16.8 Å². The van der Waals surface area contributed by atoms with Crippen LogP contribution in [0.3, 0.4) is 0 Å². The molecule has 1 saturated heterocycles. The van der Waals surface area contributed by atoms with Gasteiger partial charge >= 0.3 is 5.97 Å².